The molecule has 102 valence electrons. The molecular weight excluding hydrogens is 282 g/mol. The number of rotatable bonds is 4. The van der Waals surface area contributed by atoms with Crippen molar-refractivity contribution in [1.82, 2.24) is 10.2 Å². The Balaban J connectivity index is 2.31. The van der Waals surface area contributed by atoms with Crippen LogP contribution in [0.3, 0.4) is 0 Å². The summed E-state index contributed by atoms with van der Waals surface area (Å²) in [5.74, 6) is 1.09. The zero-order valence-electron chi connectivity index (χ0n) is 11.1. The Bertz CT molecular complexity index is 583. The smallest absolute Gasteiger partial charge is 0.299 e. The number of nitrogens with two attached hydrogens (primary N) is 1. The summed E-state index contributed by atoms with van der Waals surface area (Å²) < 4.78 is 5.77. The Morgan fingerprint density at radius 3 is 2.68 bits per heavy atom. The number of halogens is 1. The molecule has 0 bridgehead atoms. The van der Waals surface area contributed by atoms with Crippen LogP contribution in [0.4, 0.5) is 0 Å². The lowest BCUT2D eigenvalue weighted by Crippen LogP contribution is -1.94. The third-order valence-electron chi connectivity index (χ3n) is 2.74. The largest absolute Gasteiger partial charge is 0.430 e. The van der Waals surface area contributed by atoms with Gasteiger partial charge in [-0.15, -0.1) is 5.10 Å². The molecule has 0 aliphatic carbocycles. The zero-order valence-corrected chi connectivity index (χ0v) is 12.7. The first-order valence-electron chi connectivity index (χ1n) is 6.01. The van der Waals surface area contributed by atoms with Gasteiger partial charge in [-0.05, 0) is 36.1 Å². The topological polar surface area (TPSA) is 61.0 Å². The van der Waals surface area contributed by atoms with Crippen molar-refractivity contribution in [1.29, 1.82) is 0 Å². The lowest BCUT2D eigenvalue weighted by atomic mass is 10.0. The number of hydrogen-bond acceptors (Lipinski definition) is 5. The summed E-state index contributed by atoms with van der Waals surface area (Å²) >= 11 is 7.58. The van der Waals surface area contributed by atoms with Gasteiger partial charge in [0.15, 0.2) is 0 Å². The van der Waals surface area contributed by atoms with Crippen molar-refractivity contribution in [3.8, 4) is 10.9 Å². The first kappa shape index (κ1) is 14.2. The number of ether oxygens (including phenoxy) is 1. The second-order valence-electron chi connectivity index (χ2n) is 4.56. The molecule has 0 saturated carbocycles. The highest BCUT2D eigenvalue weighted by molar-refractivity contribution is 7.13. The van der Waals surface area contributed by atoms with E-state index < -0.39 is 0 Å². The van der Waals surface area contributed by atoms with E-state index in [0.717, 1.165) is 26.9 Å². The summed E-state index contributed by atoms with van der Waals surface area (Å²) in [6, 6.07) is 3.88. The van der Waals surface area contributed by atoms with Crippen molar-refractivity contribution in [2.75, 3.05) is 0 Å². The molecule has 1 heterocycles. The lowest BCUT2D eigenvalue weighted by Gasteiger charge is -2.12. The normalized spacial score (nSPS) is 11.1. The van der Waals surface area contributed by atoms with Gasteiger partial charge in [-0.3, -0.25) is 0 Å². The van der Waals surface area contributed by atoms with Gasteiger partial charge in [0.2, 0.25) is 0 Å². The fourth-order valence-electron chi connectivity index (χ4n) is 1.68. The van der Waals surface area contributed by atoms with Crippen molar-refractivity contribution in [2.45, 2.75) is 33.2 Å². The highest BCUT2D eigenvalue weighted by atomic mass is 35.5. The SMILES string of the molecule is Cc1cc(Cl)c(C(C)C)cc1Oc1nnc(CN)s1. The third kappa shape index (κ3) is 3.23. The van der Waals surface area contributed by atoms with Gasteiger partial charge in [0, 0.05) is 11.6 Å². The summed E-state index contributed by atoms with van der Waals surface area (Å²) in [4.78, 5) is 0. The van der Waals surface area contributed by atoms with E-state index in [1.54, 1.807) is 0 Å². The molecule has 0 saturated heterocycles. The molecule has 2 aromatic rings. The predicted octanol–water partition coefficient (Wildman–Crippen LogP) is 3.87. The maximum absolute atomic E-state index is 6.23. The molecule has 4 nitrogen and oxygen atoms in total. The lowest BCUT2D eigenvalue weighted by molar-refractivity contribution is 0.468. The average molecular weight is 298 g/mol. The van der Waals surface area contributed by atoms with Crippen LogP contribution in [0.5, 0.6) is 10.9 Å². The summed E-state index contributed by atoms with van der Waals surface area (Å²) in [5.41, 5.74) is 7.54. The third-order valence-corrected chi connectivity index (χ3v) is 3.89. The van der Waals surface area contributed by atoms with Crippen LogP contribution in [0.1, 0.15) is 35.9 Å². The minimum absolute atomic E-state index is 0.337. The molecule has 0 radical (unpaired) electrons. The van der Waals surface area contributed by atoms with Crippen LogP contribution in [0.25, 0.3) is 0 Å². The molecule has 0 fully saturated rings. The van der Waals surface area contributed by atoms with Crippen LogP contribution in [0.15, 0.2) is 12.1 Å². The molecular formula is C13H16ClN3OS. The quantitative estimate of drug-likeness (QED) is 0.930. The Kier molecular flexibility index (Phi) is 4.39. The highest BCUT2D eigenvalue weighted by Gasteiger charge is 2.12. The molecule has 6 heteroatoms. The molecule has 0 spiro atoms. The van der Waals surface area contributed by atoms with Gasteiger partial charge >= 0.3 is 0 Å². The van der Waals surface area contributed by atoms with E-state index in [1.165, 1.54) is 11.3 Å². The van der Waals surface area contributed by atoms with Crippen molar-refractivity contribution >= 4 is 22.9 Å². The summed E-state index contributed by atoms with van der Waals surface area (Å²) in [7, 11) is 0. The molecule has 19 heavy (non-hydrogen) atoms. The van der Waals surface area contributed by atoms with Crippen LogP contribution in [0.2, 0.25) is 5.02 Å². The van der Waals surface area contributed by atoms with Gasteiger partial charge in [0.25, 0.3) is 5.19 Å². The van der Waals surface area contributed by atoms with E-state index in [-0.39, 0.29) is 0 Å². The second kappa shape index (κ2) is 5.86. The van der Waals surface area contributed by atoms with Gasteiger partial charge in [0.1, 0.15) is 10.8 Å². The molecule has 0 amide bonds. The average Bonchev–Trinajstić information content (AvgIpc) is 2.80. The molecule has 0 aliphatic heterocycles. The molecule has 0 unspecified atom stereocenters. The number of nitrogens with zero attached hydrogens (tertiary/aromatic N) is 2. The Morgan fingerprint density at radius 1 is 1.37 bits per heavy atom. The van der Waals surface area contributed by atoms with Gasteiger partial charge in [-0.1, -0.05) is 41.9 Å². The van der Waals surface area contributed by atoms with Gasteiger partial charge in [0.05, 0.1) is 0 Å². The summed E-state index contributed by atoms with van der Waals surface area (Å²) in [6.07, 6.45) is 0. The molecule has 1 aromatic heterocycles. The Hall–Kier alpha value is -1.17. The van der Waals surface area contributed by atoms with E-state index in [4.69, 9.17) is 22.1 Å². The first-order valence-corrected chi connectivity index (χ1v) is 7.21. The predicted molar refractivity (Wildman–Crippen MR) is 78.2 cm³/mol. The van der Waals surface area contributed by atoms with Crippen molar-refractivity contribution < 1.29 is 4.74 Å². The highest BCUT2D eigenvalue weighted by Crippen LogP contribution is 2.34. The van der Waals surface area contributed by atoms with E-state index in [2.05, 4.69) is 24.0 Å². The van der Waals surface area contributed by atoms with E-state index >= 15 is 0 Å². The minimum atomic E-state index is 0.337. The van der Waals surface area contributed by atoms with E-state index in [9.17, 15) is 0 Å². The van der Waals surface area contributed by atoms with Gasteiger partial charge in [-0.2, -0.15) is 0 Å². The van der Waals surface area contributed by atoms with Gasteiger partial charge < -0.3 is 10.5 Å². The van der Waals surface area contributed by atoms with Crippen LogP contribution < -0.4 is 10.5 Å². The minimum Gasteiger partial charge on any atom is -0.430 e. The summed E-state index contributed by atoms with van der Waals surface area (Å²) in [6.45, 7) is 6.52. The Labute approximate surface area is 121 Å². The Morgan fingerprint density at radius 2 is 2.11 bits per heavy atom. The molecule has 2 rings (SSSR count). The number of benzene rings is 1. The van der Waals surface area contributed by atoms with Crippen LogP contribution in [-0.2, 0) is 6.54 Å². The van der Waals surface area contributed by atoms with Gasteiger partial charge in [-0.25, -0.2) is 0 Å². The van der Waals surface area contributed by atoms with Crippen molar-refractivity contribution in [3.63, 3.8) is 0 Å². The zero-order chi connectivity index (χ0) is 14.0. The first-order chi connectivity index (χ1) is 9.01. The van der Waals surface area contributed by atoms with Crippen LogP contribution in [-0.4, -0.2) is 10.2 Å². The number of aryl methyl sites for hydroxylation is 1. The van der Waals surface area contributed by atoms with E-state index in [0.29, 0.717) is 17.7 Å². The number of aromatic nitrogens is 2. The van der Waals surface area contributed by atoms with Crippen LogP contribution >= 0.6 is 22.9 Å². The fraction of sp³-hybridized carbons (Fsp3) is 0.385. The molecule has 0 atom stereocenters. The fourth-order valence-corrected chi connectivity index (χ4v) is 2.69. The van der Waals surface area contributed by atoms with Crippen molar-refractivity contribution in [2.24, 2.45) is 5.73 Å². The van der Waals surface area contributed by atoms with Crippen molar-refractivity contribution in [3.05, 3.63) is 33.3 Å². The molecule has 1 aromatic carbocycles. The monoisotopic (exact) mass is 297 g/mol. The summed E-state index contributed by atoms with van der Waals surface area (Å²) in [5, 5.41) is 9.90. The molecule has 0 aliphatic rings. The van der Waals surface area contributed by atoms with Crippen LogP contribution in [0, 0.1) is 6.92 Å². The van der Waals surface area contributed by atoms with E-state index in [1.807, 2.05) is 19.1 Å². The number of hydrogen-bond donors (Lipinski definition) is 1. The standard InChI is InChI=1S/C13H16ClN3OS/c1-7(2)9-5-11(8(3)4-10(9)14)18-13-17-16-12(6-15)19-13/h4-5,7H,6,15H2,1-3H3. The molecule has 2 N–H and O–H groups in total. The maximum Gasteiger partial charge on any atom is 0.299 e. The maximum atomic E-state index is 6.23. The second-order valence-corrected chi connectivity index (χ2v) is 5.99.